The summed E-state index contributed by atoms with van der Waals surface area (Å²) >= 11 is 0. The van der Waals surface area contributed by atoms with E-state index in [0.717, 1.165) is 10.8 Å². The maximum atomic E-state index is 12.5. The van der Waals surface area contributed by atoms with Crippen LogP contribution >= 0.6 is 0 Å². The summed E-state index contributed by atoms with van der Waals surface area (Å²) in [6.45, 7) is 3.39. The van der Waals surface area contributed by atoms with Gasteiger partial charge in [-0.1, -0.05) is 36.9 Å². The number of hydrogen-bond acceptors (Lipinski definition) is 3. The standard InChI is InChI=1S/C20H16N2O3/c1-2-19(24)21-15-8-5-9-16(12-15)22-20(25)17-10-13-6-3-4-7-14(13)11-18(17)23/h2-12,23H,1H2,(H,21,24)(H,22,25). The van der Waals surface area contributed by atoms with Crippen molar-refractivity contribution in [2.75, 3.05) is 10.6 Å². The van der Waals surface area contributed by atoms with E-state index in [2.05, 4.69) is 17.2 Å². The number of phenolic OH excluding ortho intramolecular Hbond substituents is 1. The number of anilines is 2. The van der Waals surface area contributed by atoms with Crippen molar-refractivity contribution >= 4 is 34.0 Å². The zero-order chi connectivity index (χ0) is 17.8. The predicted molar refractivity (Wildman–Crippen MR) is 98.8 cm³/mol. The Morgan fingerprint density at radius 2 is 1.52 bits per heavy atom. The second-order valence-electron chi connectivity index (χ2n) is 5.44. The number of amides is 2. The molecule has 2 amide bonds. The molecular formula is C20H16N2O3. The van der Waals surface area contributed by atoms with Crippen LogP contribution in [0.25, 0.3) is 10.8 Å². The van der Waals surface area contributed by atoms with Crippen molar-refractivity contribution in [1.29, 1.82) is 0 Å². The lowest BCUT2D eigenvalue weighted by atomic mass is 10.1. The number of benzene rings is 3. The summed E-state index contributed by atoms with van der Waals surface area (Å²) in [5, 5.41) is 17.2. The molecule has 0 aliphatic carbocycles. The normalized spacial score (nSPS) is 10.2. The minimum atomic E-state index is -0.435. The summed E-state index contributed by atoms with van der Waals surface area (Å²) < 4.78 is 0. The van der Waals surface area contributed by atoms with Crippen LogP contribution in [-0.2, 0) is 4.79 Å². The number of hydrogen-bond donors (Lipinski definition) is 3. The number of rotatable bonds is 4. The number of phenols is 1. The lowest BCUT2D eigenvalue weighted by Gasteiger charge is -2.10. The van der Waals surface area contributed by atoms with Gasteiger partial charge in [0.05, 0.1) is 5.56 Å². The summed E-state index contributed by atoms with van der Waals surface area (Å²) in [5.74, 6) is -0.863. The van der Waals surface area contributed by atoms with Gasteiger partial charge in [-0.15, -0.1) is 0 Å². The molecule has 0 radical (unpaired) electrons. The van der Waals surface area contributed by atoms with Gasteiger partial charge in [0.1, 0.15) is 5.75 Å². The lowest BCUT2D eigenvalue weighted by molar-refractivity contribution is -0.111. The molecule has 0 saturated carbocycles. The minimum Gasteiger partial charge on any atom is -0.507 e. The first-order valence-electron chi connectivity index (χ1n) is 7.63. The Labute approximate surface area is 144 Å². The van der Waals surface area contributed by atoms with E-state index in [-0.39, 0.29) is 17.2 Å². The van der Waals surface area contributed by atoms with Gasteiger partial charge in [0.2, 0.25) is 5.91 Å². The van der Waals surface area contributed by atoms with E-state index >= 15 is 0 Å². The van der Waals surface area contributed by atoms with Crippen molar-refractivity contribution in [1.82, 2.24) is 0 Å². The topological polar surface area (TPSA) is 78.4 Å². The monoisotopic (exact) mass is 332 g/mol. The number of nitrogens with one attached hydrogen (secondary N) is 2. The first-order valence-corrected chi connectivity index (χ1v) is 7.63. The quantitative estimate of drug-likeness (QED) is 0.634. The second-order valence-corrected chi connectivity index (χ2v) is 5.44. The van der Waals surface area contributed by atoms with Crippen LogP contribution in [-0.4, -0.2) is 16.9 Å². The van der Waals surface area contributed by atoms with E-state index in [0.29, 0.717) is 11.4 Å². The van der Waals surface area contributed by atoms with Crippen LogP contribution in [0.4, 0.5) is 11.4 Å². The highest BCUT2D eigenvalue weighted by Crippen LogP contribution is 2.26. The van der Waals surface area contributed by atoms with Crippen LogP contribution in [0.1, 0.15) is 10.4 Å². The minimum absolute atomic E-state index is 0.0904. The Hall–Kier alpha value is -3.60. The van der Waals surface area contributed by atoms with Crippen molar-refractivity contribution in [3.05, 3.63) is 78.9 Å². The Balaban J connectivity index is 1.85. The molecule has 3 rings (SSSR count). The highest BCUT2D eigenvalue weighted by Gasteiger charge is 2.13. The van der Waals surface area contributed by atoms with Crippen LogP contribution in [0, 0.1) is 0 Å². The van der Waals surface area contributed by atoms with Crippen LogP contribution in [0.3, 0.4) is 0 Å². The highest BCUT2D eigenvalue weighted by molar-refractivity contribution is 6.09. The van der Waals surface area contributed by atoms with Crippen LogP contribution in [0.15, 0.2) is 73.3 Å². The van der Waals surface area contributed by atoms with E-state index in [1.807, 2.05) is 24.3 Å². The summed E-state index contributed by atoms with van der Waals surface area (Å²) in [5.41, 5.74) is 1.21. The Kier molecular flexibility index (Phi) is 4.48. The van der Waals surface area contributed by atoms with Gasteiger partial charge in [0.25, 0.3) is 5.91 Å². The largest absolute Gasteiger partial charge is 0.507 e. The highest BCUT2D eigenvalue weighted by atomic mass is 16.3. The molecule has 0 heterocycles. The lowest BCUT2D eigenvalue weighted by Crippen LogP contribution is -2.13. The molecule has 0 bridgehead atoms. The Morgan fingerprint density at radius 3 is 2.20 bits per heavy atom. The molecule has 5 nitrogen and oxygen atoms in total. The SMILES string of the molecule is C=CC(=O)Nc1cccc(NC(=O)c2cc3ccccc3cc2O)c1. The van der Waals surface area contributed by atoms with Crippen molar-refractivity contribution in [2.45, 2.75) is 0 Å². The Bertz CT molecular complexity index is 980. The van der Waals surface area contributed by atoms with Crippen molar-refractivity contribution < 1.29 is 14.7 Å². The smallest absolute Gasteiger partial charge is 0.259 e. The molecule has 0 aliphatic heterocycles. The van der Waals surface area contributed by atoms with Gasteiger partial charge in [-0.05, 0) is 47.2 Å². The number of fused-ring (bicyclic) bond motifs is 1. The van der Waals surface area contributed by atoms with Crippen molar-refractivity contribution in [2.24, 2.45) is 0 Å². The predicted octanol–water partition coefficient (Wildman–Crippen LogP) is 3.92. The van der Waals surface area contributed by atoms with Gasteiger partial charge in [0, 0.05) is 11.4 Å². The zero-order valence-electron chi connectivity index (χ0n) is 13.3. The summed E-state index contributed by atoms with van der Waals surface area (Å²) in [7, 11) is 0. The molecular weight excluding hydrogens is 316 g/mol. The van der Waals surface area contributed by atoms with Gasteiger partial charge in [-0.3, -0.25) is 9.59 Å². The molecule has 0 spiro atoms. The van der Waals surface area contributed by atoms with Crippen LogP contribution in [0.2, 0.25) is 0 Å². The average Bonchev–Trinajstić information content (AvgIpc) is 2.61. The third-order valence-electron chi connectivity index (χ3n) is 3.68. The molecule has 3 aromatic carbocycles. The van der Waals surface area contributed by atoms with Gasteiger partial charge in [-0.25, -0.2) is 0 Å². The molecule has 0 aromatic heterocycles. The third kappa shape index (κ3) is 3.67. The zero-order valence-corrected chi connectivity index (χ0v) is 13.3. The summed E-state index contributed by atoms with van der Waals surface area (Å²) in [6, 6.07) is 17.4. The molecule has 25 heavy (non-hydrogen) atoms. The van der Waals surface area contributed by atoms with E-state index in [1.165, 1.54) is 6.08 Å². The molecule has 0 atom stereocenters. The van der Waals surface area contributed by atoms with Gasteiger partial charge >= 0.3 is 0 Å². The Morgan fingerprint density at radius 1 is 0.880 bits per heavy atom. The molecule has 5 heteroatoms. The number of aromatic hydroxyl groups is 1. The van der Waals surface area contributed by atoms with Gasteiger partial charge in [-0.2, -0.15) is 0 Å². The molecule has 124 valence electrons. The fraction of sp³-hybridized carbons (Fsp3) is 0. The van der Waals surface area contributed by atoms with Crippen LogP contribution < -0.4 is 10.6 Å². The number of carbonyl (C=O) groups is 2. The third-order valence-corrected chi connectivity index (χ3v) is 3.68. The molecule has 0 unspecified atom stereocenters. The molecule has 0 aliphatic rings. The van der Waals surface area contributed by atoms with Gasteiger partial charge in [0.15, 0.2) is 0 Å². The molecule has 3 N–H and O–H groups in total. The van der Waals surface area contributed by atoms with E-state index in [4.69, 9.17) is 0 Å². The van der Waals surface area contributed by atoms with Crippen molar-refractivity contribution in [3.63, 3.8) is 0 Å². The number of carbonyl (C=O) groups excluding carboxylic acids is 2. The summed E-state index contributed by atoms with van der Waals surface area (Å²) in [4.78, 5) is 23.8. The fourth-order valence-corrected chi connectivity index (χ4v) is 2.48. The van der Waals surface area contributed by atoms with E-state index in [1.54, 1.807) is 36.4 Å². The van der Waals surface area contributed by atoms with Gasteiger partial charge < -0.3 is 15.7 Å². The van der Waals surface area contributed by atoms with Crippen molar-refractivity contribution in [3.8, 4) is 5.75 Å². The maximum absolute atomic E-state index is 12.5. The molecule has 0 fully saturated rings. The first-order chi connectivity index (χ1) is 12.1. The summed E-state index contributed by atoms with van der Waals surface area (Å²) in [6.07, 6.45) is 1.17. The average molecular weight is 332 g/mol. The van der Waals surface area contributed by atoms with E-state index < -0.39 is 5.91 Å². The molecule has 3 aromatic rings. The first kappa shape index (κ1) is 16.3. The second kappa shape index (κ2) is 6.88. The molecule has 0 saturated heterocycles. The fourth-order valence-electron chi connectivity index (χ4n) is 2.48. The van der Waals surface area contributed by atoms with Crippen LogP contribution in [0.5, 0.6) is 5.75 Å². The maximum Gasteiger partial charge on any atom is 0.259 e. The van der Waals surface area contributed by atoms with E-state index in [9.17, 15) is 14.7 Å².